The van der Waals surface area contributed by atoms with Crippen LogP contribution in [0.1, 0.15) is 11.5 Å². The minimum absolute atomic E-state index is 0.662. The Balaban J connectivity index is 1.81. The Morgan fingerprint density at radius 1 is 1.15 bits per heavy atom. The number of benzene rings is 1. The van der Waals surface area contributed by atoms with E-state index >= 15 is 0 Å². The summed E-state index contributed by atoms with van der Waals surface area (Å²) < 4.78 is 1.98. The molecule has 0 saturated carbocycles. The van der Waals surface area contributed by atoms with Crippen molar-refractivity contribution in [2.24, 2.45) is 0 Å². The van der Waals surface area contributed by atoms with Gasteiger partial charge in [-0.2, -0.15) is 0 Å². The first-order valence-corrected chi connectivity index (χ1v) is 6.43. The van der Waals surface area contributed by atoms with Crippen LogP contribution in [0.3, 0.4) is 0 Å². The molecule has 0 fully saturated rings. The molecule has 0 aliphatic carbocycles. The van der Waals surface area contributed by atoms with Gasteiger partial charge in [-0.25, -0.2) is 15.0 Å². The quantitative estimate of drug-likeness (QED) is 0.787. The van der Waals surface area contributed by atoms with Crippen LogP contribution < -0.4 is 5.32 Å². The molecule has 0 atom stereocenters. The Morgan fingerprint density at radius 3 is 2.85 bits per heavy atom. The Bertz CT molecular complexity index is 691. The highest BCUT2D eigenvalue weighted by molar-refractivity contribution is 5.60. The van der Waals surface area contributed by atoms with Gasteiger partial charge < -0.3 is 9.88 Å². The minimum atomic E-state index is 0.662. The number of hydrogen-bond donors (Lipinski definition) is 1. The van der Waals surface area contributed by atoms with E-state index in [1.807, 2.05) is 42.0 Å². The lowest BCUT2D eigenvalue weighted by Gasteiger charge is -2.12. The summed E-state index contributed by atoms with van der Waals surface area (Å²) >= 11 is 0. The van der Waals surface area contributed by atoms with Gasteiger partial charge in [0.25, 0.3) is 0 Å². The van der Waals surface area contributed by atoms with Crippen LogP contribution in [0.4, 0.5) is 5.69 Å². The van der Waals surface area contributed by atoms with Gasteiger partial charge in [-0.05, 0) is 25.1 Å². The summed E-state index contributed by atoms with van der Waals surface area (Å²) in [7, 11) is 0. The monoisotopic (exact) mass is 265 g/mol. The van der Waals surface area contributed by atoms with Gasteiger partial charge in [-0.3, -0.25) is 0 Å². The second kappa shape index (κ2) is 5.52. The fraction of sp³-hybridized carbons (Fsp3) is 0.133. The highest BCUT2D eigenvalue weighted by atomic mass is 15.1. The van der Waals surface area contributed by atoms with Gasteiger partial charge in [-0.15, -0.1) is 0 Å². The Kier molecular flexibility index (Phi) is 3.41. The van der Waals surface area contributed by atoms with Crippen molar-refractivity contribution in [3.05, 3.63) is 66.8 Å². The number of rotatable bonds is 4. The van der Waals surface area contributed by atoms with Crippen LogP contribution in [0.15, 0.2) is 55.2 Å². The van der Waals surface area contributed by atoms with Crippen molar-refractivity contribution in [3.63, 3.8) is 0 Å². The number of anilines is 1. The molecular weight excluding hydrogens is 250 g/mol. The largest absolute Gasteiger partial charge is 0.378 e. The minimum Gasteiger partial charge on any atom is -0.378 e. The topological polar surface area (TPSA) is 55.6 Å². The number of nitrogens with one attached hydrogen (secondary N) is 1. The third-order valence-corrected chi connectivity index (χ3v) is 2.98. The summed E-state index contributed by atoms with van der Waals surface area (Å²) in [5, 5.41) is 3.41. The summed E-state index contributed by atoms with van der Waals surface area (Å²) in [6.07, 6.45) is 7.26. The predicted octanol–water partition coefficient (Wildman–Crippen LogP) is 2.58. The fourth-order valence-electron chi connectivity index (χ4n) is 2.04. The van der Waals surface area contributed by atoms with E-state index in [1.165, 1.54) is 0 Å². The Hall–Kier alpha value is -2.69. The average Bonchev–Trinajstić information content (AvgIpc) is 3.00. The molecule has 0 radical (unpaired) electrons. The number of nitrogens with zero attached hydrogens (tertiary/aromatic N) is 4. The van der Waals surface area contributed by atoms with Gasteiger partial charge in [0.15, 0.2) is 0 Å². The maximum Gasteiger partial charge on any atom is 0.125 e. The van der Waals surface area contributed by atoms with E-state index < -0.39 is 0 Å². The van der Waals surface area contributed by atoms with Crippen LogP contribution in [-0.4, -0.2) is 19.5 Å². The first kappa shape index (κ1) is 12.3. The van der Waals surface area contributed by atoms with Crippen molar-refractivity contribution in [1.29, 1.82) is 0 Å². The highest BCUT2D eigenvalue weighted by Crippen LogP contribution is 2.19. The number of aromatic nitrogens is 4. The standard InChI is InChI=1S/C15H15N5/c1-12-17-7-6-13(19-12)10-18-14-4-2-3-5-15(14)20-9-8-16-11-20/h2-9,11,18H,10H2,1H3. The average molecular weight is 265 g/mol. The molecule has 0 unspecified atom stereocenters. The SMILES string of the molecule is Cc1nccc(CNc2ccccc2-n2ccnc2)n1. The molecule has 2 aromatic heterocycles. The molecule has 0 bridgehead atoms. The lowest BCUT2D eigenvalue weighted by molar-refractivity contribution is 0.951. The number of para-hydroxylation sites is 2. The molecule has 0 amide bonds. The lowest BCUT2D eigenvalue weighted by Crippen LogP contribution is -2.05. The second-order valence-corrected chi connectivity index (χ2v) is 4.44. The molecule has 0 saturated heterocycles. The van der Waals surface area contributed by atoms with Crippen LogP contribution in [0, 0.1) is 6.92 Å². The van der Waals surface area contributed by atoms with E-state index in [1.54, 1.807) is 18.7 Å². The van der Waals surface area contributed by atoms with Gasteiger partial charge in [-0.1, -0.05) is 12.1 Å². The third kappa shape index (κ3) is 2.66. The summed E-state index contributed by atoms with van der Waals surface area (Å²) in [6.45, 7) is 2.55. The van der Waals surface area contributed by atoms with Crippen LogP contribution in [0.25, 0.3) is 5.69 Å². The molecule has 20 heavy (non-hydrogen) atoms. The molecule has 1 aromatic carbocycles. The van der Waals surface area contributed by atoms with Crippen molar-refractivity contribution in [1.82, 2.24) is 19.5 Å². The second-order valence-electron chi connectivity index (χ2n) is 4.44. The summed E-state index contributed by atoms with van der Waals surface area (Å²) in [4.78, 5) is 12.6. The Labute approximate surface area is 117 Å². The molecule has 5 nitrogen and oxygen atoms in total. The van der Waals surface area contributed by atoms with Gasteiger partial charge in [0.1, 0.15) is 5.82 Å². The first-order valence-electron chi connectivity index (χ1n) is 6.43. The first-order chi connectivity index (χ1) is 9.83. The van der Waals surface area contributed by atoms with E-state index in [4.69, 9.17) is 0 Å². The van der Waals surface area contributed by atoms with Crippen molar-refractivity contribution in [3.8, 4) is 5.69 Å². The fourth-order valence-corrected chi connectivity index (χ4v) is 2.04. The van der Waals surface area contributed by atoms with Crippen LogP contribution in [-0.2, 0) is 6.54 Å². The van der Waals surface area contributed by atoms with Gasteiger partial charge in [0.2, 0.25) is 0 Å². The van der Waals surface area contributed by atoms with Crippen LogP contribution in [0.5, 0.6) is 0 Å². The summed E-state index contributed by atoms with van der Waals surface area (Å²) in [5.41, 5.74) is 3.08. The van der Waals surface area contributed by atoms with Crippen LogP contribution in [0.2, 0.25) is 0 Å². The molecule has 0 aliphatic heterocycles. The number of aryl methyl sites for hydroxylation is 1. The van der Waals surface area contributed by atoms with Crippen molar-refractivity contribution >= 4 is 5.69 Å². The molecule has 1 N–H and O–H groups in total. The molecular formula is C15H15N5. The van der Waals surface area contributed by atoms with Crippen molar-refractivity contribution < 1.29 is 0 Å². The van der Waals surface area contributed by atoms with Crippen molar-refractivity contribution in [2.45, 2.75) is 13.5 Å². The maximum absolute atomic E-state index is 4.39. The number of hydrogen-bond acceptors (Lipinski definition) is 4. The normalized spacial score (nSPS) is 10.4. The highest BCUT2D eigenvalue weighted by Gasteiger charge is 2.03. The van der Waals surface area contributed by atoms with E-state index in [2.05, 4.69) is 26.3 Å². The Morgan fingerprint density at radius 2 is 2.05 bits per heavy atom. The molecule has 3 aromatic rings. The lowest BCUT2D eigenvalue weighted by atomic mass is 10.2. The van der Waals surface area contributed by atoms with E-state index in [0.717, 1.165) is 22.9 Å². The van der Waals surface area contributed by atoms with Crippen molar-refractivity contribution in [2.75, 3.05) is 5.32 Å². The van der Waals surface area contributed by atoms with Gasteiger partial charge >= 0.3 is 0 Å². The van der Waals surface area contributed by atoms with Crippen LogP contribution >= 0.6 is 0 Å². The zero-order valence-electron chi connectivity index (χ0n) is 11.2. The van der Waals surface area contributed by atoms with E-state index in [9.17, 15) is 0 Å². The maximum atomic E-state index is 4.39. The van der Waals surface area contributed by atoms with E-state index in [-0.39, 0.29) is 0 Å². The molecule has 0 spiro atoms. The third-order valence-electron chi connectivity index (χ3n) is 2.98. The zero-order valence-corrected chi connectivity index (χ0v) is 11.2. The summed E-state index contributed by atoms with van der Waals surface area (Å²) in [5.74, 6) is 0.784. The summed E-state index contributed by atoms with van der Waals surface area (Å²) in [6, 6.07) is 10.0. The van der Waals surface area contributed by atoms with E-state index in [0.29, 0.717) is 6.54 Å². The predicted molar refractivity (Wildman–Crippen MR) is 77.7 cm³/mol. The molecule has 3 rings (SSSR count). The molecule has 5 heteroatoms. The molecule has 0 aliphatic rings. The zero-order chi connectivity index (χ0) is 13.8. The molecule has 100 valence electrons. The number of imidazole rings is 1. The van der Waals surface area contributed by atoms with Gasteiger partial charge in [0, 0.05) is 18.6 Å². The molecule has 2 heterocycles. The smallest absolute Gasteiger partial charge is 0.125 e. The van der Waals surface area contributed by atoms with Gasteiger partial charge in [0.05, 0.1) is 29.9 Å².